The van der Waals surface area contributed by atoms with Crippen LogP contribution in [0, 0.1) is 18.7 Å². The molecule has 0 spiro atoms. The Morgan fingerprint density at radius 1 is 1.19 bits per heavy atom. The number of nitrogens with zero attached hydrogens (tertiary/aromatic N) is 5. The summed E-state index contributed by atoms with van der Waals surface area (Å²) >= 11 is 0. The van der Waals surface area contributed by atoms with Crippen molar-refractivity contribution in [2.24, 2.45) is 11.7 Å². The zero-order valence-electron chi connectivity index (χ0n) is 20.9. The van der Waals surface area contributed by atoms with Gasteiger partial charge in [-0.15, -0.1) is 10.2 Å². The molecule has 37 heavy (non-hydrogen) atoms. The van der Waals surface area contributed by atoms with Crippen molar-refractivity contribution in [1.82, 2.24) is 35.8 Å². The Morgan fingerprint density at radius 2 is 1.97 bits per heavy atom. The topological polar surface area (TPSA) is 150 Å². The summed E-state index contributed by atoms with van der Waals surface area (Å²) in [5.41, 5.74) is 7.57. The lowest BCUT2D eigenvalue weighted by Gasteiger charge is -2.28. The lowest BCUT2D eigenvalue weighted by molar-refractivity contribution is -0.120. The maximum atomic E-state index is 13.6. The van der Waals surface area contributed by atoms with Gasteiger partial charge in [0.1, 0.15) is 5.69 Å². The average molecular weight is 511 g/mol. The van der Waals surface area contributed by atoms with Gasteiger partial charge in [0, 0.05) is 23.8 Å². The number of aryl methyl sites for hydroxylation is 1. The SMILES string of the molecule is COc1cc(CNC(=O)c2cc(-c3nnn(CC4CCC(NC(=O)CN)CC4)n3)cc(C)n2)ccc1F. The van der Waals surface area contributed by atoms with Crippen LogP contribution >= 0.6 is 0 Å². The molecule has 2 heterocycles. The summed E-state index contributed by atoms with van der Waals surface area (Å²) in [4.78, 5) is 30.2. The molecule has 0 radical (unpaired) electrons. The van der Waals surface area contributed by atoms with E-state index in [-0.39, 0.29) is 42.4 Å². The molecule has 1 fully saturated rings. The zero-order chi connectivity index (χ0) is 26.4. The van der Waals surface area contributed by atoms with Crippen LogP contribution in [0.25, 0.3) is 11.4 Å². The molecule has 0 saturated heterocycles. The Bertz CT molecular complexity index is 1260. The molecule has 1 saturated carbocycles. The number of halogens is 1. The van der Waals surface area contributed by atoms with Crippen LogP contribution in [0.4, 0.5) is 4.39 Å². The van der Waals surface area contributed by atoms with E-state index in [2.05, 4.69) is 31.0 Å². The van der Waals surface area contributed by atoms with Gasteiger partial charge < -0.3 is 21.1 Å². The zero-order valence-corrected chi connectivity index (χ0v) is 20.9. The molecular weight excluding hydrogens is 479 g/mol. The molecule has 1 aliphatic carbocycles. The summed E-state index contributed by atoms with van der Waals surface area (Å²) in [5, 5.41) is 18.6. The van der Waals surface area contributed by atoms with E-state index in [4.69, 9.17) is 10.5 Å². The molecule has 12 heteroatoms. The molecule has 0 atom stereocenters. The van der Waals surface area contributed by atoms with Crippen molar-refractivity contribution in [3.05, 3.63) is 53.1 Å². The minimum absolute atomic E-state index is 0.00686. The first-order valence-corrected chi connectivity index (χ1v) is 12.2. The van der Waals surface area contributed by atoms with Crippen molar-refractivity contribution in [3.63, 3.8) is 0 Å². The van der Waals surface area contributed by atoms with Gasteiger partial charge in [0.15, 0.2) is 11.6 Å². The highest BCUT2D eigenvalue weighted by atomic mass is 19.1. The van der Waals surface area contributed by atoms with Crippen molar-refractivity contribution in [2.75, 3.05) is 13.7 Å². The van der Waals surface area contributed by atoms with E-state index >= 15 is 0 Å². The Kier molecular flexibility index (Phi) is 8.39. The minimum Gasteiger partial charge on any atom is -0.494 e. The third-order valence-corrected chi connectivity index (χ3v) is 6.38. The normalized spacial score (nSPS) is 17.3. The van der Waals surface area contributed by atoms with Gasteiger partial charge in [0.05, 0.1) is 20.2 Å². The van der Waals surface area contributed by atoms with Crippen molar-refractivity contribution in [1.29, 1.82) is 0 Å². The molecule has 4 rings (SSSR count). The minimum atomic E-state index is -0.466. The van der Waals surface area contributed by atoms with E-state index < -0.39 is 5.82 Å². The van der Waals surface area contributed by atoms with Crippen LogP contribution in [0.1, 0.15) is 47.4 Å². The highest BCUT2D eigenvalue weighted by Crippen LogP contribution is 2.26. The third kappa shape index (κ3) is 6.85. The van der Waals surface area contributed by atoms with Gasteiger partial charge in [-0.3, -0.25) is 9.59 Å². The quantitative estimate of drug-likeness (QED) is 0.394. The molecule has 3 aromatic rings. The van der Waals surface area contributed by atoms with E-state index in [0.29, 0.717) is 35.1 Å². The standard InChI is InChI=1S/C25H31FN8O3/c1-15-9-18(11-21(29-15)25(36)28-13-17-5-8-20(26)22(10-17)37-2)24-31-33-34(32-24)14-16-3-6-19(7-4-16)30-23(35)12-27/h5,8-11,16,19H,3-4,6-7,12-14,27H2,1-2H3,(H,28,36)(H,30,35). The maximum Gasteiger partial charge on any atom is 0.270 e. The van der Waals surface area contributed by atoms with Crippen molar-refractivity contribution < 1.29 is 18.7 Å². The smallest absolute Gasteiger partial charge is 0.270 e. The fraction of sp³-hybridized carbons (Fsp3) is 0.440. The number of aromatic nitrogens is 5. The highest BCUT2D eigenvalue weighted by molar-refractivity contribution is 5.93. The first kappa shape index (κ1) is 26.1. The number of ether oxygens (including phenoxy) is 1. The Hall–Kier alpha value is -3.93. The maximum absolute atomic E-state index is 13.6. The molecule has 1 aliphatic rings. The fourth-order valence-corrected chi connectivity index (χ4v) is 4.44. The lowest BCUT2D eigenvalue weighted by atomic mass is 9.86. The number of amides is 2. The molecule has 0 bridgehead atoms. The summed E-state index contributed by atoms with van der Waals surface area (Å²) < 4.78 is 18.6. The molecule has 0 unspecified atom stereocenters. The summed E-state index contributed by atoms with van der Waals surface area (Å²) in [6, 6.07) is 8.01. The van der Waals surface area contributed by atoms with Gasteiger partial charge in [-0.25, -0.2) is 9.37 Å². The van der Waals surface area contributed by atoms with Crippen molar-refractivity contribution >= 4 is 11.8 Å². The van der Waals surface area contributed by atoms with Crippen LogP contribution in [-0.4, -0.2) is 56.7 Å². The largest absolute Gasteiger partial charge is 0.494 e. The van der Waals surface area contributed by atoms with E-state index in [9.17, 15) is 14.0 Å². The van der Waals surface area contributed by atoms with E-state index in [1.54, 1.807) is 29.9 Å². The number of benzene rings is 1. The number of hydrogen-bond donors (Lipinski definition) is 3. The molecule has 196 valence electrons. The molecule has 1 aromatic carbocycles. The van der Waals surface area contributed by atoms with Crippen LogP contribution < -0.4 is 21.1 Å². The van der Waals surface area contributed by atoms with Crippen LogP contribution in [0.5, 0.6) is 5.75 Å². The number of carbonyl (C=O) groups excluding carboxylic acids is 2. The van der Waals surface area contributed by atoms with Crippen LogP contribution in [0.15, 0.2) is 30.3 Å². The number of tetrazole rings is 1. The fourth-order valence-electron chi connectivity index (χ4n) is 4.44. The first-order chi connectivity index (χ1) is 17.8. The number of hydrogen-bond acceptors (Lipinski definition) is 8. The van der Waals surface area contributed by atoms with E-state index in [0.717, 1.165) is 25.7 Å². The van der Waals surface area contributed by atoms with E-state index in [1.807, 2.05) is 0 Å². The Labute approximate surface area is 214 Å². The molecule has 2 amide bonds. The molecule has 2 aromatic heterocycles. The number of nitrogens with one attached hydrogen (secondary N) is 2. The van der Waals surface area contributed by atoms with Gasteiger partial charge in [-0.05, 0) is 73.6 Å². The summed E-state index contributed by atoms with van der Waals surface area (Å²) in [7, 11) is 1.39. The molecule has 0 aliphatic heterocycles. The number of nitrogens with two attached hydrogens (primary N) is 1. The van der Waals surface area contributed by atoms with Crippen LogP contribution in [-0.2, 0) is 17.9 Å². The monoisotopic (exact) mass is 510 g/mol. The predicted octanol–water partition coefficient (Wildman–Crippen LogP) is 1.75. The lowest BCUT2D eigenvalue weighted by Crippen LogP contribution is -2.41. The van der Waals surface area contributed by atoms with Gasteiger partial charge in [0.25, 0.3) is 5.91 Å². The van der Waals surface area contributed by atoms with E-state index in [1.165, 1.54) is 19.2 Å². The van der Waals surface area contributed by atoms with Gasteiger partial charge in [-0.2, -0.15) is 4.80 Å². The Balaban J connectivity index is 1.36. The number of rotatable bonds is 9. The van der Waals surface area contributed by atoms with Crippen molar-refractivity contribution in [2.45, 2.75) is 51.7 Å². The summed E-state index contributed by atoms with van der Waals surface area (Å²) in [6.45, 7) is 2.61. The van der Waals surface area contributed by atoms with Crippen LogP contribution in [0.3, 0.4) is 0 Å². The highest BCUT2D eigenvalue weighted by Gasteiger charge is 2.23. The molecule has 11 nitrogen and oxygen atoms in total. The van der Waals surface area contributed by atoms with Crippen LogP contribution in [0.2, 0.25) is 0 Å². The second-order valence-corrected chi connectivity index (χ2v) is 9.19. The van der Waals surface area contributed by atoms with Gasteiger partial charge in [0.2, 0.25) is 11.7 Å². The molecular formula is C25H31FN8O3. The first-order valence-electron chi connectivity index (χ1n) is 12.2. The second-order valence-electron chi connectivity index (χ2n) is 9.19. The number of pyridine rings is 1. The van der Waals surface area contributed by atoms with Gasteiger partial charge >= 0.3 is 0 Å². The third-order valence-electron chi connectivity index (χ3n) is 6.38. The second kappa shape index (κ2) is 11.9. The van der Waals surface area contributed by atoms with Gasteiger partial charge in [-0.1, -0.05) is 6.07 Å². The predicted molar refractivity (Wildman–Crippen MR) is 133 cm³/mol. The summed E-state index contributed by atoms with van der Waals surface area (Å²) in [6.07, 6.45) is 3.69. The summed E-state index contributed by atoms with van der Waals surface area (Å²) in [5.74, 6) is -0.0537. The number of carbonyl (C=O) groups is 2. The van der Waals surface area contributed by atoms with Crippen molar-refractivity contribution in [3.8, 4) is 17.1 Å². The number of methoxy groups -OCH3 is 1. The Morgan fingerprint density at radius 3 is 2.70 bits per heavy atom. The average Bonchev–Trinajstić information content (AvgIpc) is 3.37. The molecule has 4 N–H and O–H groups in total.